The first kappa shape index (κ1) is 16.8. The van der Waals surface area contributed by atoms with Crippen molar-refractivity contribution in [3.05, 3.63) is 57.5 Å². The lowest BCUT2D eigenvalue weighted by molar-refractivity contribution is 0.323. The van der Waals surface area contributed by atoms with E-state index in [2.05, 4.69) is 111 Å². The molecule has 1 heterocycles. The van der Waals surface area contributed by atoms with Gasteiger partial charge in [-0.2, -0.15) is 0 Å². The van der Waals surface area contributed by atoms with E-state index in [9.17, 15) is 0 Å². The third-order valence-corrected chi connectivity index (χ3v) is 5.32. The summed E-state index contributed by atoms with van der Waals surface area (Å²) >= 11 is 7.06. The van der Waals surface area contributed by atoms with Crippen LogP contribution in [0.25, 0.3) is 0 Å². The van der Waals surface area contributed by atoms with Gasteiger partial charge in [0, 0.05) is 38.8 Å². The van der Waals surface area contributed by atoms with Crippen LogP contribution < -0.4 is 9.80 Å². The summed E-state index contributed by atoms with van der Waals surface area (Å²) in [7, 11) is 0. The van der Waals surface area contributed by atoms with E-state index in [-0.39, 0.29) is 5.41 Å². The first-order chi connectivity index (χ1) is 10.9. The van der Waals surface area contributed by atoms with Crippen molar-refractivity contribution in [3.8, 4) is 0 Å². The van der Waals surface area contributed by atoms with Crippen molar-refractivity contribution in [3.63, 3.8) is 0 Å². The lowest BCUT2D eigenvalue weighted by atomic mass is 9.90. The normalized spacial score (nSPS) is 16.2. The van der Waals surface area contributed by atoms with E-state index in [0.29, 0.717) is 6.17 Å². The molecule has 23 heavy (non-hydrogen) atoms. The second-order valence-electron chi connectivity index (χ2n) is 7.08. The summed E-state index contributed by atoms with van der Waals surface area (Å²) < 4.78 is 2.25. The fourth-order valence-corrected chi connectivity index (χ4v) is 3.90. The Morgan fingerprint density at radius 1 is 0.739 bits per heavy atom. The lowest BCUT2D eigenvalue weighted by Crippen LogP contribution is -2.48. The van der Waals surface area contributed by atoms with E-state index < -0.39 is 0 Å². The number of hydrogen-bond donors (Lipinski definition) is 0. The summed E-state index contributed by atoms with van der Waals surface area (Å²) in [6, 6.07) is 17.3. The van der Waals surface area contributed by atoms with Gasteiger partial charge in [0.05, 0.1) is 0 Å². The predicted octanol–water partition coefficient (Wildman–Crippen LogP) is 5.91. The largest absolute Gasteiger partial charge is 0.349 e. The minimum atomic E-state index is 0.149. The molecule has 0 bridgehead atoms. The monoisotopic (exact) mass is 436 g/mol. The van der Waals surface area contributed by atoms with Gasteiger partial charge in [0.15, 0.2) is 0 Å². The van der Waals surface area contributed by atoms with Gasteiger partial charge in [0.25, 0.3) is 0 Å². The van der Waals surface area contributed by atoms with Crippen LogP contribution in [0.1, 0.15) is 20.8 Å². The Morgan fingerprint density at radius 3 is 1.39 bits per heavy atom. The van der Waals surface area contributed by atoms with Crippen molar-refractivity contribution in [1.82, 2.24) is 0 Å². The SMILES string of the molecule is CC(C)(C)C1N(c2ccc(Br)cc2)CCN1c1ccc(Br)cc1. The molecule has 1 aliphatic heterocycles. The molecule has 0 aliphatic carbocycles. The van der Waals surface area contributed by atoms with Gasteiger partial charge in [-0.05, 0) is 48.5 Å². The number of halogens is 2. The van der Waals surface area contributed by atoms with Crippen molar-refractivity contribution >= 4 is 43.2 Å². The molecule has 2 aromatic rings. The predicted molar refractivity (Wildman–Crippen MR) is 106 cm³/mol. The zero-order valence-electron chi connectivity index (χ0n) is 13.8. The van der Waals surface area contributed by atoms with Gasteiger partial charge in [-0.3, -0.25) is 0 Å². The van der Waals surface area contributed by atoms with Crippen molar-refractivity contribution < 1.29 is 0 Å². The molecule has 0 aromatic heterocycles. The highest BCUT2D eigenvalue weighted by Crippen LogP contribution is 2.38. The summed E-state index contributed by atoms with van der Waals surface area (Å²) in [5.41, 5.74) is 2.72. The molecule has 1 saturated heterocycles. The maximum atomic E-state index is 3.53. The highest BCUT2D eigenvalue weighted by molar-refractivity contribution is 9.10. The molecule has 122 valence electrons. The molecular formula is C19H22Br2N2. The average Bonchev–Trinajstić information content (AvgIpc) is 2.94. The van der Waals surface area contributed by atoms with Gasteiger partial charge in [0.2, 0.25) is 0 Å². The highest BCUT2D eigenvalue weighted by atomic mass is 79.9. The summed E-state index contributed by atoms with van der Waals surface area (Å²) in [5, 5.41) is 0. The first-order valence-electron chi connectivity index (χ1n) is 7.91. The molecule has 0 amide bonds. The van der Waals surface area contributed by atoms with E-state index >= 15 is 0 Å². The number of anilines is 2. The zero-order chi connectivity index (χ0) is 16.6. The molecule has 0 unspecified atom stereocenters. The quantitative estimate of drug-likeness (QED) is 0.576. The van der Waals surface area contributed by atoms with Crippen molar-refractivity contribution in [1.29, 1.82) is 0 Å². The van der Waals surface area contributed by atoms with Crippen LogP contribution in [0.3, 0.4) is 0 Å². The molecule has 2 aromatic carbocycles. The number of benzene rings is 2. The van der Waals surface area contributed by atoms with Gasteiger partial charge in [0.1, 0.15) is 6.17 Å². The fraction of sp³-hybridized carbons (Fsp3) is 0.368. The van der Waals surface area contributed by atoms with Crippen molar-refractivity contribution in [2.24, 2.45) is 5.41 Å². The van der Waals surface area contributed by atoms with E-state index in [1.165, 1.54) is 11.4 Å². The van der Waals surface area contributed by atoms with Crippen LogP contribution in [0.2, 0.25) is 0 Å². The number of nitrogens with zero attached hydrogens (tertiary/aromatic N) is 2. The lowest BCUT2D eigenvalue weighted by Gasteiger charge is -2.41. The Balaban J connectivity index is 1.96. The summed E-state index contributed by atoms with van der Waals surface area (Å²) in [5.74, 6) is 0. The molecular weight excluding hydrogens is 416 g/mol. The van der Waals surface area contributed by atoms with Crippen LogP contribution in [-0.4, -0.2) is 19.3 Å². The van der Waals surface area contributed by atoms with Crippen LogP contribution >= 0.6 is 31.9 Å². The second kappa shape index (κ2) is 6.48. The van der Waals surface area contributed by atoms with Gasteiger partial charge in [-0.15, -0.1) is 0 Å². The molecule has 1 aliphatic rings. The minimum Gasteiger partial charge on any atom is -0.349 e. The Hall–Kier alpha value is -1.00. The standard InChI is InChI=1S/C19H22Br2N2/c1-19(2,3)18-22(16-8-4-14(20)5-9-16)12-13-23(18)17-10-6-15(21)7-11-17/h4-11,18H,12-13H2,1-3H3. The first-order valence-corrected chi connectivity index (χ1v) is 9.49. The van der Waals surface area contributed by atoms with E-state index in [1.807, 2.05) is 0 Å². The maximum absolute atomic E-state index is 3.53. The molecule has 0 atom stereocenters. The topological polar surface area (TPSA) is 6.48 Å². The zero-order valence-corrected chi connectivity index (χ0v) is 16.9. The number of hydrogen-bond acceptors (Lipinski definition) is 2. The smallest absolute Gasteiger partial charge is 0.107 e. The minimum absolute atomic E-state index is 0.149. The second-order valence-corrected chi connectivity index (χ2v) is 8.91. The Kier molecular flexibility index (Phi) is 4.75. The average molecular weight is 438 g/mol. The Morgan fingerprint density at radius 2 is 1.09 bits per heavy atom. The molecule has 3 rings (SSSR count). The van der Waals surface area contributed by atoms with Crippen LogP contribution in [0.5, 0.6) is 0 Å². The molecule has 0 spiro atoms. The Bertz CT molecular complexity index is 606. The third-order valence-electron chi connectivity index (χ3n) is 4.26. The van der Waals surface area contributed by atoms with E-state index in [4.69, 9.17) is 0 Å². The summed E-state index contributed by atoms with van der Waals surface area (Å²) in [4.78, 5) is 5.04. The van der Waals surface area contributed by atoms with Gasteiger partial charge >= 0.3 is 0 Å². The van der Waals surface area contributed by atoms with Crippen molar-refractivity contribution in [2.75, 3.05) is 22.9 Å². The van der Waals surface area contributed by atoms with Gasteiger partial charge in [-0.25, -0.2) is 0 Å². The van der Waals surface area contributed by atoms with Crippen LogP contribution in [0, 0.1) is 5.41 Å². The fourth-order valence-electron chi connectivity index (χ4n) is 3.37. The van der Waals surface area contributed by atoms with Crippen LogP contribution in [-0.2, 0) is 0 Å². The molecule has 1 fully saturated rings. The number of rotatable bonds is 2. The highest BCUT2D eigenvalue weighted by Gasteiger charge is 2.40. The van der Waals surface area contributed by atoms with Crippen molar-refractivity contribution in [2.45, 2.75) is 26.9 Å². The Labute approximate surface area is 155 Å². The van der Waals surface area contributed by atoms with Gasteiger partial charge < -0.3 is 9.80 Å². The van der Waals surface area contributed by atoms with Crippen LogP contribution in [0.4, 0.5) is 11.4 Å². The summed E-state index contributed by atoms with van der Waals surface area (Å²) in [6.45, 7) is 9.04. The van der Waals surface area contributed by atoms with E-state index in [1.54, 1.807) is 0 Å². The molecule has 0 saturated carbocycles. The molecule has 2 nitrogen and oxygen atoms in total. The molecule has 4 heteroatoms. The van der Waals surface area contributed by atoms with Crippen LogP contribution in [0.15, 0.2) is 57.5 Å². The third kappa shape index (κ3) is 3.58. The van der Waals surface area contributed by atoms with Gasteiger partial charge in [-0.1, -0.05) is 52.6 Å². The summed E-state index contributed by atoms with van der Waals surface area (Å²) in [6.07, 6.45) is 0.338. The van der Waals surface area contributed by atoms with E-state index in [0.717, 1.165) is 22.0 Å². The molecule has 0 radical (unpaired) electrons. The maximum Gasteiger partial charge on any atom is 0.107 e. The molecule has 0 N–H and O–H groups in total.